The molecule has 0 aliphatic rings. The summed E-state index contributed by atoms with van der Waals surface area (Å²) in [6.45, 7) is 1.95. The average Bonchev–Trinajstić information content (AvgIpc) is 3.38. The molecule has 0 aliphatic carbocycles. The molecule has 0 fully saturated rings. The Bertz CT molecular complexity index is 1200. The van der Waals surface area contributed by atoms with Crippen molar-refractivity contribution in [3.05, 3.63) is 71.6 Å². The molecular formula is C20H17N3O3S2. The molecule has 8 heteroatoms. The Morgan fingerprint density at radius 3 is 2.43 bits per heavy atom. The fourth-order valence-electron chi connectivity index (χ4n) is 2.72. The summed E-state index contributed by atoms with van der Waals surface area (Å²) in [6, 6.07) is 18.3. The largest absolute Gasteiger partial charge is 0.333 e. The fraction of sp³-hybridized carbons (Fsp3) is 0.100. The van der Waals surface area contributed by atoms with Crippen LogP contribution in [-0.4, -0.2) is 25.6 Å². The summed E-state index contributed by atoms with van der Waals surface area (Å²) in [6.07, 6.45) is 0. The number of rotatable bonds is 5. The van der Waals surface area contributed by atoms with Gasteiger partial charge in [-0.1, -0.05) is 53.2 Å². The first-order chi connectivity index (χ1) is 13.5. The first-order valence-corrected chi connectivity index (χ1v) is 10.8. The average molecular weight is 412 g/mol. The summed E-state index contributed by atoms with van der Waals surface area (Å²) >= 11 is 1.25. The minimum absolute atomic E-state index is 0.142. The van der Waals surface area contributed by atoms with Gasteiger partial charge >= 0.3 is 0 Å². The van der Waals surface area contributed by atoms with Crippen LogP contribution in [0.5, 0.6) is 0 Å². The normalized spacial score (nSPS) is 11.5. The first-order valence-electron chi connectivity index (χ1n) is 8.49. The van der Waals surface area contributed by atoms with E-state index in [9.17, 15) is 8.42 Å². The van der Waals surface area contributed by atoms with Gasteiger partial charge in [0.25, 0.3) is 15.9 Å². The molecule has 0 spiro atoms. The van der Waals surface area contributed by atoms with E-state index in [2.05, 4.69) is 10.1 Å². The summed E-state index contributed by atoms with van der Waals surface area (Å²) in [5, 5.41) is 5.70. The number of hydrogen-bond donors (Lipinski definition) is 0. The Morgan fingerprint density at radius 1 is 1.00 bits per heavy atom. The second-order valence-corrected chi connectivity index (χ2v) is 9.07. The third-order valence-electron chi connectivity index (χ3n) is 4.32. The maximum Gasteiger partial charge on any atom is 0.269 e. The van der Waals surface area contributed by atoms with Crippen LogP contribution in [0.4, 0.5) is 5.69 Å². The van der Waals surface area contributed by atoms with Crippen LogP contribution in [0.15, 0.2) is 75.5 Å². The third kappa shape index (κ3) is 3.32. The highest BCUT2D eigenvalue weighted by molar-refractivity contribution is 7.93. The van der Waals surface area contributed by atoms with Crippen molar-refractivity contribution in [1.29, 1.82) is 0 Å². The Balaban J connectivity index is 1.71. The van der Waals surface area contributed by atoms with Crippen molar-refractivity contribution < 1.29 is 12.9 Å². The van der Waals surface area contributed by atoms with Gasteiger partial charge in [-0.25, -0.2) is 8.42 Å². The lowest BCUT2D eigenvalue weighted by Crippen LogP contribution is -2.26. The molecule has 2 aromatic carbocycles. The minimum atomic E-state index is -3.78. The molecule has 0 radical (unpaired) electrons. The second-order valence-electron chi connectivity index (χ2n) is 6.21. The molecule has 0 N–H and O–H groups in total. The second kappa shape index (κ2) is 7.21. The molecule has 0 saturated carbocycles. The van der Waals surface area contributed by atoms with E-state index in [1.165, 1.54) is 22.7 Å². The maximum absolute atomic E-state index is 13.2. The van der Waals surface area contributed by atoms with Crippen LogP contribution in [0.25, 0.3) is 22.2 Å². The van der Waals surface area contributed by atoms with Crippen molar-refractivity contribution in [2.75, 3.05) is 11.4 Å². The minimum Gasteiger partial charge on any atom is -0.333 e. The molecule has 6 nitrogen and oxygen atoms in total. The number of sulfonamides is 1. The number of benzene rings is 2. The van der Waals surface area contributed by atoms with Crippen molar-refractivity contribution in [3.63, 3.8) is 0 Å². The smallest absolute Gasteiger partial charge is 0.269 e. The van der Waals surface area contributed by atoms with Crippen molar-refractivity contribution in [2.45, 2.75) is 11.8 Å². The van der Waals surface area contributed by atoms with Gasteiger partial charge in [-0.3, -0.25) is 4.31 Å². The standard InChI is InChI=1S/C20H17N3O3S2/c1-14-8-10-16(11-9-14)23(2)28(24,25)17-12-13-27-18(17)20-21-19(22-26-20)15-6-4-3-5-7-15/h3-13H,1-2H3. The van der Waals surface area contributed by atoms with Crippen molar-refractivity contribution in [2.24, 2.45) is 0 Å². The molecule has 2 aromatic heterocycles. The summed E-state index contributed by atoms with van der Waals surface area (Å²) in [4.78, 5) is 4.96. The van der Waals surface area contributed by atoms with Crippen LogP contribution in [0.2, 0.25) is 0 Å². The molecule has 4 aromatic rings. The zero-order chi connectivity index (χ0) is 19.7. The molecule has 2 heterocycles. The van der Waals surface area contributed by atoms with Gasteiger partial charge in [0.1, 0.15) is 9.77 Å². The number of nitrogens with zero attached hydrogens (tertiary/aromatic N) is 3. The Hall–Kier alpha value is -2.97. The molecule has 4 rings (SSSR count). The van der Waals surface area contributed by atoms with Crippen molar-refractivity contribution >= 4 is 27.0 Å². The highest BCUT2D eigenvalue weighted by atomic mass is 32.2. The van der Waals surface area contributed by atoms with E-state index in [4.69, 9.17) is 4.52 Å². The molecule has 0 amide bonds. The van der Waals surface area contributed by atoms with Gasteiger partial charge in [-0.15, -0.1) is 11.3 Å². The van der Waals surface area contributed by atoms with Gasteiger partial charge in [0.15, 0.2) is 0 Å². The lowest BCUT2D eigenvalue weighted by Gasteiger charge is -2.19. The zero-order valence-corrected chi connectivity index (χ0v) is 16.9. The Kier molecular flexibility index (Phi) is 4.74. The number of aromatic nitrogens is 2. The quantitative estimate of drug-likeness (QED) is 0.480. The van der Waals surface area contributed by atoms with Gasteiger partial charge in [0.2, 0.25) is 5.82 Å². The van der Waals surface area contributed by atoms with Crippen LogP contribution in [0, 0.1) is 6.92 Å². The molecule has 0 saturated heterocycles. The fourth-order valence-corrected chi connectivity index (χ4v) is 5.23. The summed E-state index contributed by atoms with van der Waals surface area (Å²) in [7, 11) is -2.25. The molecule has 0 atom stereocenters. The molecular weight excluding hydrogens is 394 g/mol. The van der Waals surface area contributed by atoms with E-state index in [-0.39, 0.29) is 10.8 Å². The molecule has 0 bridgehead atoms. The summed E-state index contributed by atoms with van der Waals surface area (Å²) in [5.41, 5.74) is 2.44. The van der Waals surface area contributed by atoms with Crippen LogP contribution in [0.1, 0.15) is 5.56 Å². The molecule has 0 aliphatic heterocycles. The highest BCUT2D eigenvalue weighted by Gasteiger charge is 2.28. The highest BCUT2D eigenvalue weighted by Crippen LogP contribution is 2.35. The van der Waals surface area contributed by atoms with Crippen LogP contribution >= 0.6 is 11.3 Å². The lowest BCUT2D eigenvalue weighted by atomic mass is 10.2. The van der Waals surface area contributed by atoms with Gasteiger partial charge < -0.3 is 4.52 Å². The first kappa shape index (κ1) is 18.4. The molecule has 0 unspecified atom stereocenters. The van der Waals surface area contributed by atoms with Gasteiger partial charge in [-0.2, -0.15) is 4.98 Å². The predicted octanol–water partition coefficient (Wildman–Crippen LogP) is 4.60. The van der Waals surface area contributed by atoms with Gasteiger partial charge in [0.05, 0.1) is 5.69 Å². The van der Waals surface area contributed by atoms with Crippen LogP contribution in [-0.2, 0) is 10.0 Å². The van der Waals surface area contributed by atoms with E-state index < -0.39 is 10.0 Å². The molecule has 28 heavy (non-hydrogen) atoms. The monoisotopic (exact) mass is 411 g/mol. The topological polar surface area (TPSA) is 76.3 Å². The van der Waals surface area contributed by atoms with E-state index >= 15 is 0 Å². The lowest BCUT2D eigenvalue weighted by molar-refractivity contribution is 0.432. The Labute approximate surface area is 167 Å². The molecule has 142 valence electrons. The van der Waals surface area contributed by atoms with Gasteiger partial charge in [-0.05, 0) is 30.5 Å². The number of thiophene rings is 1. The zero-order valence-electron chi connectivity index (χ0n) is 15.2. The maximum atomic E-state index is 13.2. The van der Waals surface area contributed by atoms with E-state index in [0.29, 0.717) is 16.4 Å². The van der Waals surface area contributed by atoms with Crippen molar-refractivity contribution in [3.8, 4) is 22.2 Å². The predicted molar refractivity (Wildman–Crippen MR) is 110 cm³/mol. The number of aryl methyl sites for hydroxylation is 1. The van der Waals surface area contributed by atoms with Crippen LogP contribution < -0.4 is 4.31 Å². The van der Waals surface area contributed by atoms with Crippen LogP contribution in [0.3, 0.4) is 0 Å². The van der Waals surface area contributed by atoms with E-state index in [1.807, 2.05) is 49.4 Å². The third-order valence-corrected chi connectivity index (χ3v) is 7.18. The van der Waals surface area contributed by atoms with Crippen molar-refractivity contribution in [1.82, 2.24) is 10.1 Å². The number of anilines is 1. The summed E-state index contributed by atoms with van der Waals surface area (Å²) in [5.74, 6) is 0.601. The van der Waals surface area contributed by atoms with E-state index in [1.54, 1.807) is 23.6 Å². The SMILES string of the molecule is Cc1ccc(N(C)S(=O)(=O)c2ccsc2-c2nc(-c3ccccc3)no2)cc1. The summed E-state index contributed by atoms with van der Waals surface area (Å²) < 4.78 is 33.0. The Morgan fingerprint density at radius 2 is 1.71 bits per heavy atom. The number of hydrogen-bond acceptors (Lipinski definition) is 6. The van der Waals surface area contributed by atoms with Gasteiger partial charge in [0, 0.05) is 12.6 Å². The van der Waals surface area contributed by atoms with E-state index in [0.717, 1.165) is 11.1 Å².